The summed E-state index contributed by atoms with van der Waals surface area (Å²) in [4.78, 5) is 21.1. The molecule has 7 nitrogen and oxygen atoms in total. The van der Waals surface area contributed by atoms with Crippen molar-refractivity contribution in [2.75, 3.05) is 24.2 Å². The molecule has 0 unspecified atom stereocenters. The molecule has 0 saturated heterocycles. The second kappa shape index (κ2) is 9.88. The lowest BCUT2D eigenvalue weighted by atomic mass is 10.1. The number of thiophene rings is 1. The van der Waals surface area contributed by atoms with Gasteiger partial charge in [0.05, 0.1) is 33.4 Å². The lowest BCUT2D eigenvalue weighted by Crippen LogP contribution is -2.11. The first kappa shape index (κ1) is 22.2. The van der Waals surface area contributed by atoms with E-state index in [1.54, 1.807) is 18.2 Å². The van der Waals surface area contributed by atoms with E-state index < -0.39 is 5.91 Å². The van der Waals surface area contributed by atoms with Gasteiger partial charge < -0.3 is 21.9 Å². The minimum atomic E-state index is -0.634. The summed E-state index contributed by atoms with van der Waals surface area (Å²) in [5.74, 6) is -0.342. The quantitative estimate of drug-likeness (QED) is 0.470. The maximum absolute atomic E-state index is 11.6. The number of benzene rings is 1. The first-order valence-electron chi connectivity index (χ1n) is 8.53. The van der Waals surface area contributed by atoms with Crippen LogP contribution in [0.5, 0.6) is 0 Å². The Morgan fingerprint density at radius 2 is 1.93 bits per heavy atom. The summed E-state index contributed by atoms with van der Waals surface area (Å²) in [6.07, 6.45) is 1.25. The fourth-order valence-corrected chi connectivity index (χ4v) is 3.55. The normalized spacial score (nSPS) is 10.5. The van der Waals surface area contributed by atoms with Gasteiger partial charge in [0.1, 0.15) is 9.71 Å². The van der Waals surface area contributed by atoms with E-state index >= 15 is 0 Å². The van der Waals surface area contributed by atoms with Gasteiger partial charge in [0, 0.05) is 12.1 Å². The lowest BCUT2D eigenvalue weighted by Gasteiger charge is -2.09. The molecule has 0 atom stereocenters. The van der Waals surface area contributed by atoms with Crippen molar-refractivity contribution in [3.63, 3.8) is 0 Å². The molecule has 2 heterocycles. The predicted octanol–water partition coefficient (Wildman–Crippen LogP) is 4.17. The molecule has 3 rings (SSSR count). The van der Waals surface area contributed by atoms with Crippen LogP contribution in [0.3, 0.4) is 0 Å². The van der Waals surface area contributed by atoms with E-state index in [4.69, 9.17) is 39.8 Å². The van der Waals surface area contributed by atoms with E-state index in [1.165, 1.54) is 6.42 Å². The number of halogens is 2. The number of nitrogen functional groups attached to an aromatic ring is 1. The molecular formula is C18H21Cl2N5O2S. The summed E-state index contributed by atoms with van der Waals surface area (Å²) < 4.78 is 0. The molecule has 1 aromatic carbocycles. The molecule has 6 N–H and O–H groups in total. The van der Waals surface area contributed by atoms with Gasteiger partial charge in [-0.2, -0.15) is 0 Å². The van der Waals surface area contributed by atoms with Crippen LogP contribution in [0, 0.1) is 0 Å². The second-order valence-electron chi connectivity index (χ2n) is 5.77. The zero-order chi connectivity index (χ0) is 20.8. The van der Waals surface area contributed by atoms with Gasteiger partial charge in [-0.05, 0) is 12.1 Å². The number of carbonyl (C=O) groups is 1. The molecule has 0 aliphatic rings. The standard InChI is InChI=1S/C15H13Cl2N5O2S.C3H8/c16-7-2-1-6(5-8(7)17)11-9-10(18)12(13(19)24)25-14(9)22-15(21-11)20-3-4-23;1-3-2/h1-2,5,23H,3-4,18H2,(H2,19,24)(H,20,21,22);3H2,1-2H3. The van der Waals surface area contributed by atoms with Gasteiger partial charge in [-0.3, -0.25) is 4.79 Å². The molecule has 150 valence electrons. The van der Waals surface area contributed by atoms with Gasteiger partial charge in [0.2, 0.25) is 5.95 Å². The number of hydrogen-bond acceptors (Lipinski definition) is 7. The molecule has 3 aromatic rings. The fourth-order valence-electron chi connectivity index (χ4n) is 2.30. The van der Waals surface area contributed by atoms with Crippen LogP contribution in [-0.4, -0.2) is 34.1 Å². The minimum absolute atomic E-state index is 0.0807. The maximum Gasteiger partial charge on any atom is 0.260 e. The van der Waals surface area contributed by atoms with E-state index in [0.29, 0.717) is 37.5 Å². The highest BCUT2D eigenvalue weighted by molar-refractivity contribution is 7.21. The summed E-state index contributed by atoms with van der Waals surface area (Å²) >= 11 is 13.2. The van der Waals surface area contributed by atoms with Gasteiger partial charge in [-0.25, -0.2) is 9.97 Å². The van der Waals surface area contributed by atoms with Crippen molar-refractivity contribution >= 4 is 62.3 Å². The Labute approximate surface area is 176 Å². The van der Waals surface area contributed by atoms with Gasteiger partial charge in [-0.15, -0.1) is 11.3 Å². The Bertz CT molecular complexity index is 994. The average molecular weight is 442 g/mol. The molecule has 0 aliphatic carbocycles. The van der Waals surface area contributed by atoms with Crippen molar-refractivity contribution in [3.05, 3.63) is 33.1 Å². The number of aliphatic hydroxyl groups is 1. The number of nitrogens with one attached hydrogen (secondary N) is 1. The van der Waals surface area contributed by atoms with Crippen molar-refractivity contribution < 1.29 is 9.90 Å². The van der Waals surface area contributed by atoms with E-state index in [9.17, 15) is 4.79 Å². The highest BCUT2D eigenvalue weighted by Crippen LogP contribution is 2.40. The zero-order valence-corrected chi connectivity index (χ0v) is 17.8. The number of primary amides is 1. The molecule has 2 aromatic heterocycles. The van der Waals surface area contributed by atoms with Crippen LogP contribution >= 0.6 is 34.5 Å². The van der Waals surface area contributed by atoms with Crippen LogP contribution in [0.15, 0.2) is 18.2 Å². The van der Waals surface area contributed by atoms with Gasteiger partial charge in [-0.1, -0.05) is 49.5 Å². The molecule has 0 spiro atoms. The molecular weight excluding hydrogens is 421 g/mol. The Balaban J connectivity index is 0.000000878. The average Bonchev–Trinajstić information content (AvgIpc) is 2.99. The highest BCUT2D eigenvalue weighted by atomic mass is 35.5. The van der Waals surface area contributed by atoms with Crippen LogP contribution in [-0.2, 0) is 0 Å². The van der Waals surface area contributed by atoms with Crippen molar-refractivity contribution in [1.82, 2.24) is 9.97 Å². The molecule has 10 heteroatoms. The van der Waals surface area contributed by atoms with Crippen LogP contribution in [0.1, 0.15) is 29.9 Å². The topological polar surface area (TPSA) is 127 Å². The van der Waals surface area contributed by atoms with Gasteiger partial charge >= 0.3 is 0 Å². The van der Waals surface area contributed by atoms with Gasteiger partial charge in [0.15, 0.2) is 0 Å². The number of carbonyl (C=O) groups excluding carboxylic acids is 1. The van der Waals surface area contributed by atoms with Crippen molar-refractivity contribution in [3.8, 4) is 11.3 Å². The summed E-state index contributed by atoms with van der Waals surface area (Å²) in [5, 5.41) is 13.2. The largest absolute Gasteiger partial charge is 0.397 e. The van der Waals surface area contributed by atoms with Crippen molar-refractivity contribution in [1.29, 1.82) is 0 Å². The number of aliphatic hydroxyl groups excluding tert-OH is 1. The first-order chi connectivity index (χ1) is 13.3. The molecule has 0 aliphatic heterocycles. The number of anilines is 2. The second-order valence-corrected chi connectivity index (χ2v) is 7.58. The minimum Gasteiger partial charge on any atom is -0.397 e. The first-order valence-corrected chi connectivity index (χ1v) is 10.1. The molecule has 28 heavy (non-hydrogen) atoms. The Hall–Kier alpha value is -2.13. The molecule has 0 fully saturated rings. The third-order valence-electron chi connectivity index (χ3n) is 3.40. The molecule has 0 saturated carbocycles. The number of nitrogens with zero attached hydrogens (tertiary/aromatic N) is 2. The number of rotatable bonds is 5. The predicted molar refractivity (Wildman–Crippen MR) is 117 cm³/mol. The Morgan fingerprint density at radius 3 is 2.50 bits per heavy atom. The summed E-state index contributed by atoms with van der Waals surface area (Å²) in [6.45, 7) is 4.44. The number of amides is 1. The summed E-state index contributed by atoms with van der Waals surface area (Å²) in [7, 11) is 0. The zero-order valence-electron chi connectivity index (χ0n) is 15.4. The number of nitrogens with two attached hydrogens (primary N) is 2. The maximum atomic E-state index is 11.6. The lowest BCUT2D eigenvalue weighted by molar-refractivity contribution is 0.100. The summed E-state index contributed by atoms with van der Waals surface area (Å²) in [6, 6.07) is 5.04. The molecule has 1 amide bonds. The summed E-state index contributed by atoms with van der Waals surface area (Å²) in [5.41, 5.74) is 12.9. The highest BCUT2D eigenvalue weighted by Gasteiger charge is 2.21. The molecule has 0 radical (unpaired) electrons. The third-order valence-corrected chi connectivity index (χ3v) is 5.25. The van der Waals surface area contributed by atoms with E-state index in [0.717, 1.165) is 11.3 Å². The Kier molecular flexibility index (Phi) is 7.82. The number of hydrogen-bond donors (Lipinski definition) is 4. The van der Waals surface area contributed by atoms with E-state index in [1.807, 2.05) is 0 Å². The SMILES string of the molecule is CCC.NC(=O)c1sc2nc(NCCO)nc(-c3ccc(Cl)c(Cl)c3)c2c1N. The van der Waals surface area contributed by atoms with Gasteiger partial charge in [0.25, 0.3) is 5.91 Å². The number of fused-ring (bicyclic) bond motifs is 1. The van der Waals surface area contributed by atoms with Crippen LogP contribution in [0.25, 0.3) is 21.5 Å². The fraction of sp³-hybridized carbons (Fsp3) is 0.278. The van der Waals surface area contributed by atoms with Crippen LogP contribution in [0.2, 0.25) is 10.0 Å². The Morgan fingerprint density at radius 1 is 1.25 bits per heavy atom. The van der Waals surface area contributed by atoms with Crippen LogP contribution in [0.4, 0.5) is 11.6 Å². The monoisotopic (exact) mass is 441 g/mol. The van der Waals surface area contributed by atoms with Crippen molar-refractivity contribution in [2.45, 2.75) is 20.3 Å². The van der Waals surface area contributed by atoms with Crippen molar-refractivity contribution in [2.24, 2.45) is 5.73 Å². The third kappa shape index (κ3) is 4.82. The van der Waals surface area contributed by atoms with Crippen LogP contribution < -0.4 is 16.8 Å². The van der Waals surface area contributed by atoms with E-state index in [2.05, 4.69) is 29.1 Å². The van der Waals surface area contributed by atoms with E-state index in [-0.39, 0.29) is 23.7 Å². The molecule has 0 bridgehead atoms. The smallest absolute Gasteiger partial charge is 0.260 e. The number of aromatic nitrogens is 2.